The fraction of sp³-hybridized carbons (Fsp3) is 0.250. The Morgan fingerprint density at radius 2 is 1.80 bits per heavy atom. The molecule has 0 bridgehead atoms. The number of nitrogens with two attached hydrogens (primary N) is 1. The molecule has 2 atom stereocenters. The minimum Gasteiger partial charge on any atom is -0.372 e. The van der Waals surface area contributed by atoms with Gasteiger partial charge in [0.15, 0.2) is 0 Å². The summed E-state index contributed by atoms with van der Waals surface area (Å²) < 4.78 is 32.5. The number of hydrogen-bond acceptors (Lipinski definition) is 2. The molecule has 106 valence electrons. The first-order valence-electron chi connectivity index (χ1n) is 6.50. The van der Waals surface area contributed by atoms with E-state index in [2.05, 4.69) is 0 Å². The third-order valence-electron chi connectivity index (χ3n) is 3.12. The van der Waals surface area contributed by atoms with Gasteiger partial charge in [-0.25, -0.2) is 8.78 Å². The fourth-order valence-corrected chi connectivity index (χ4v) is 2.16. The lowest BCUT2D eigenvalue weighted by molar-refractivity contribution is 0.0421. The molecule has 0 fully saturated rings. The van der Waals surface area contributed by atoms with E-state index in [-0.39, 0.29) is 5.56 Å². The van der Waals surface area contributed by atoms with Crippen LogP contribution in [0, 0.1) is 11.6 Å². The van der Waals surface area contributed by atoms with E-state index in [1.807, 2.05) is 37.3 Å². The van der Waals surface area contributed by atoms with Crippen molar-refractivity contribution in [2.45, 2.75) is 19.1 Å². The van der Waals surface area contributed by atoms with E-state index in [1.165, 1.54) is 12.1 Å². The zero-order valence-corrected chi connectivity index (χ0v) is 11.2. The van der Waals surface area contributed by atoms with Crippen LogP contribution in [-0.4, -0.2) is 6.61 Å². The van der Waals surface area contributed by atoms with Crippen molar-refractivity contribution in [2.75, 3.05) is 6.61 Å². The van der Waals surface area contributed by atoms with Gasteiger partial charge in [0.2, 0.25) is 0 Å². The summed E-state index contributed by atoms with van der Waals surface area (Å²) in [6.07, 6.45) is -0.471. The van der Waals surface area contributed by atoms with E-state index in [4.69, 9.17) is 10.5 Å². The van der Waals surface area contributed by atoms with Crippen molar-refractivity contribution in [1.29, 1.82) is 0 Å². The molecule has 0 aliphatic rings. The van der Waals surface area contributed by atoms with Gasteiger partial charge in [0.25, 0.3) is 0 Å². The summed E-state index contributed by atoms with van der Waals surface area (Å²) in [5.41, 5.74) is 7.23. The Labute approximate surface area is 117 Å². The predicted octanol–water partition coefficient (Wildman–Crippen LogP) is 3.74. The Balaban J connectivity index is 2.34. The van der Waals surface area contributed by atoms with E-state index in [0.717, 1.165) is 11.6 Å². The minimum absolute atomic E-state index is 0.244. The van der Waals surface area contributed by atoms with Crippen LogP contribution >= 0.6 is 0 Å². The molecule has 2 nitrogen and oxygen atoms in total. The number of benzene rings is 2. The maximum absolute atomic E-state index is 13.8. The molecule has 2 aromatic rings. The maximum Gasteiger partial charge on any atom is 0.130 e. The average molecular weight is 277 g/mol. The number of ether oxygens (including phenoxy) is 1. The second-order valence-corrected chi connectivity index (χ2v) is 4.48. The molecule has 20 heavy (non-hydrogen) atoms. The van der Waals surface area contributed by atoms with Crippen molar-refractivity contribution < 1.29 is 13.5 Å². The lowest BCUT2D eigenvalue weighted by Crippen LogP contribution is -2.23. The Morgan fingerprint density at radius 3 is 2.40 bits per heavy atom. The van der Waals surface area contributed by atoms with E-state index in [0.29, 0.717) is 6.61 Å². The molecule has 2 aromatic carbocycles. The van der Waals surface area contributed by atoms with Gasteiger partial charge in [-0.3, -0.25) is 0 Å². The monoisotopic (exact) mass is 277 g/mol. The molecule has 2 N–H and O–H groups in total. The van der Waals surface area contributed by atoms with Crippen molar-refractivity contribution in [3.63, 3.8) is 0 Å². The van der Waals surface area contributed by atoms with Gasteiger partial charge in [-0.1, -0.05) is 36.4 Å². The van der Waals surface area contributed by atoms with Gasteiger partial charge in [0, 0.05) is 18.2 Å². The molecule has 2 rings (SSSR count). The Morgan fingerprint density at radius 1 is 1.10 bits per heavy atom. The van der Waals surface area contributed by atoms with Gasteiger partial charge in [0.1, 0.15) is 17.7 Å². The van der Waals surface area contributed by atoms with Crippen LogP contribution in [0.5, 0.6) is 0 Å². The largest absolute Gasteiger partial charge is 0.372 e. The van der Waals surface area contributed by atoms with Crippen molar-refractivity contribution in [3.8, 4) is 0 Å². The first-order valence-corrected chi connectivity index (χ1v) is 6.50. The molecule has 2 unspecified atom stereocenters. The normalized spacial score (nSPS) is 14.0. The smallest absolute Gasteiger partial charge is 0.130 e. The summed E-state index contributed by atoms with van der Waals surface area (Å²) in [5, 5.41) is 0. The highest BCUT2D eigenvalue weighted by Crippen LogP contribution is 2.31. The van der Waals surface area contributed by atoms with E-state index >= 15 is 0 Å². The third-order valence-corrected chi connectivity index (χ3v) is 3.12. The van der Waals surface area contributed by atoms with Gasteiger partial charge in [0.05, 0.1) is 6.04 Å². The third kappa shape index (κ3) is 3.21. The minimum atomic E-state index is -0.696. The second-order valence-electron chi connectivity index (χ2n) is 4.48. The summed E-state index contributed by atoms with van der Waals surface area (Å²) in [6, 6.07) is 12.1. The second kappa shape index (κ2) is 6.59. The van der Waals surface area contributed by atoms with Gasteiger partial charge in [-0.2, -0.15) is 0 Å². The summed E-state index contributed by atoms with van der Waals surface area (Å²) in [5.74, 6) is -1.27. The van der Waals surface area contributed by atoms with Crippen LogP contribution in [0.3, 0.4) is 0 Å². The zero-order valence-electron chi connectivity index (χ0n) is 11.2. The van der Waals surface area contributed by atoms with E-state index in [1.54, 1.807) is 0 Å². The molecule has 0 saturated heterocycles. The van der Waals surface area contributed by atoms with Gasteiger partial charge < -0.3 is 10.5 Å². The SMILES string of the molecule is CCOC(c1ccccc1)C(N)c1ccc(F)cc1F. The number of halogens is 2. The zero-order chi connectivity index (χ0) is 14.5. The van der Waals surface area contributed by atoms with Crippen LogP contribution in [-0.2, 0) is 4.74 Å². The maximum atomic E-state index is 13.8. The van der Waals surface area contributed by atoms with Crippen LogP contribution in [0.1, 0.15) is 30.2 Å². The van der Waals surface area contributed by atoms with Crippen LogP contribution in [0.15, 0.2) is 48.5 Å². The molecule has 0 aromatic heterocycles. The lowest BCUT2D eigenvalue weighted by Gasteiger charge is -2.25. The van der Waals surface area contributed by atoms with Gasteiger partial charge in [-0.15, -0.1) is 0 Å². The highest BCUT2D eigenvalue weighted by atomic mass is 19.1. The van der Waals surface area contributed by atoms with E-state index < -0.39 is 23.8 Å². The van der Waals surface area contributed by atoms with Crippen LogP contribution < -0.4 is 5.73 Å². The molecule has 0 spiro atoms. The van der Waals surface area contributed by atoms with Crippen molar-refractivity contribution in [2.24, 2.45) is 5.73 Å². The van der Waals surface area contributed by atoms with Crippen LogP contribution in [0.4, 0.5) is 8.78 Å². The molecule has 0 aliphatic heterocycles. The van der Waals surface area contributed by atoms with Crippen LogP contribution in [0.25, 0.3) is 0 Å². The molecule has 4 heteroatoms. The predicted molar refractivity (Wildman–Crippen MR) is 74.1 cm³/mol. The molecule has 0 saturated carbocycles. The first kappa shape index (κ1) is 14.6. The standard InChI is InChI=1S/C16H17F2NO/c1-2-20-16(11-6-4-3-5-7-11)15(19)13-9-8-12(17)10-14(13)18/h3-10,15-16H,2,19H2,1H3. The molecule has 0 radical (unpaired) electrons. The lowest BCUT2D eigenvalue weighted by atomic mass is 9.96. The van der Waals surface area contributed by atoms with Gasteiger partial charge in [-0.05, 0) is 18.6 Å². The first-order chi connectivity index (χ1) is 9.63. The van der Waals surface area contributed by atoms with Crippen LogP contribution in [0.2, 0.25) is 0 Å². The quantitative estimate of drug-likeness (QED) is 0.903. The van der Waals surface area contributed by atoms with Gasteiger partial charge >= 0.3 is 0 Å². The Kier molecular flexibility index (Phi) is 4.82. The van der Waals surface area contributed by atoms with Crippen molar-refractivity contribution in [1.82, 2.24) is 0 Å². The molecule has 0 aliphatic carbocycles. The van der Waals surface area contributed by atoms with Crippen molar-refractivity contribution >= 4 is 0 Å². The van der Waals surface area contributed by atoms with Crippen molar-refractivity contribution in [3.05, 3.63) is 71.3 Å². The summed E-state index contributed by atoms with van der Waals surface area (Å²) in [7, 11) is 0. The number of rotatable bonds is 5. The molecule has 0 heterocycles. The number of hydrogen-bond donors (Lipinski definition) is 1. The average Bonchev–Trinajstić information content (AvgIpc) is 2.45. The molecular weight excluding hydrogens is 260 g/mol. The Hall–Kier alpha value is -1.78. The highest BCUT2D eigenvalue weighted by molar-refractivity contribution is 5.27. The summed E-state index contributed by atoms with van der Waals surface area (Å²) in [6.45, 7) is 2.31. The van der Waals surface area contributed by atoms with E-state index in [9.17, 15) is 8.78 Å². The Bertz CT molecular complexity index is 560. The molecule has 0 amide bonds. The topological polar surface area (TPSA) is 35.2 Å². The summed E-state index contributed by atoms with van der Waals surface area (Å²) in [4.78, 5) is 0. The fourth-order valence-electron chi connectivity index (χ4n) is 2.16. The molecular formula is C16H17F2NO. The highest BCUT2D eigenvalue weighted by Gasteiger charge is 2.24. The summed E-state index contributed by atoms with van der Waals surface area (Å²) >= 11 is 0.